The number of aromatic nitrogens is 2. The summed E-state index contributed by atoms with van der Waals surface area (Å²) in [6.45, 7) is 10.1. The number of allylic oxidation sites excluding steroid dienone is 4. The van der Waals surface area contributed by atoms with Crippen LogP contribution in [0.1, 0.15) is 47.2 Å². The topological polar surface area (TPSA) is 58.7 Å². The van der Waals surface area contributed by atoms with Gasteiger partial charge in [0.15, 0.2) is 11.4 Å². The first-order valence-corrected chi connectivity index (χ1v) is 9.14. The van der Waals surface area contributed by atoms with Gasteiger partial charge in [-0.15, -0.1) is 0 Å². The number of nitriles is 1. The Morgan fingerprint density at radius 3 is 2.63 bits per heavy atom. The maximum absolute atomic E-state index is 11.4. The second kappa shape index (κ2) is 9.70. The molecule has 0 bridgehead atoms. The van der Waals surface area contributed by atoms with Crippen molar-refractivity contribution in [2.45, 2.75) is 32.7 Å². The van der Waals surface area contributed by atoms with Gasteiger partial charge < -0.3 is 4.57 Å². The van der Waals surface area contributed by atoms with E-state index >= 15 is 0 Å². The number of benzene rings is 1. The second-order valence-electron chi connectivity index (χ2n) is 6.11. The summed E-state index contributed by atoms with van der Waals surface area (Å²) in [5.74, 6) is 0.818. The lowest BCUT2D eigenvalue weighted by atomic mass is 9.98. The highest BCUT2D eigenvalue weighted by molar-refractivity contribution is 6.31. The predicted molar refractivity (Wildman–Crippen MR) is 110 cm³/mol. The summed E-state index contributed by atoms with van der Waals surface area (Å²) in [5, 5.41) is 9.37. The first-order valence-electron chi connectivity index (χ1n) is 8.77. The minimum atomic E-state index is 0.245. The molecule has 0 saturated carbocycles. The molecule has 0 saturated heterocycles. The molecule has 0 spiro atoms. The Morgan fingerprint density at radius 1 is 1.37 bits per heavy atom. The summed E-state index contributed by atoms with van der Waals surface area (Å²) in [5.41, 5.74) is 3.41. The lowest BCUT2D eigenvalue weighted by molar-refractivity contribution is 0.111. The third kappa shape index (κ3) is 4.84. The Hall–Kier alpha value is -2.90. The molecule has 4 nitrogen and oxygen atoms in total. The zero-order chi connectivity index (χ0) is 19.8. The van der Waals surface area contributed by atoms with E-state index < -0.39 is 0 Å². The predicted octanol–water partition coefficient (Wildman–Crippen LogP) is 5.39. The van der Waals surface area contributed by atoms with Crippen molar-refractivity contribution in [1.82, 2.24) is 9.55 Å². The van der Waals surface area contributed by atoms with E-state index in [0.29, 0.717) is 17.8 Å². The van der Waals surface area contributed by atoms with Crippen molar-refractivity contribution in [2.24, 2.45) is 0 Å². The molecular weight excluding hydrogens is 358 g/mol. The molecule has 0 radical (unpaired) electrons. The molecule has 138 valence electrons. The van der Waals surface area contributed by atoms with E-state index in [1.807, 2.05) is 28.8 Å². The molecule has 0 fully saturated rings. The average molecular weight is 380 g/mol. The van der Waals surface area contributed by atoms with Gasteiger partial charge in [-0.3, -0.25) is 4.79 Å². The number of aldehydes is 1. The van der Waals surface area contributed by atoms with Crippen molar-refractivity contribution in [2.75, 3.05) is 0 Å². The molecule has 1 aromatic carbocycles. The van der Waals surface area contributed by atoms with Gasteiger partial charge in [0.2, 0.25) is 0 Å². The van der Waals surface area contributed by atoms with Crippen LogP contribution in [0.4, 0.5) is 0 Å². The lowest BCUT2D eigenvalue weighted by Gasteiger charge is -2.11. The highest BCUT2D eigenvalue weighted by Gasteiger charge is 2.15. The second-order valence-corrected chi connectivity index (χ2v) is 6.47. The molecule has 1 aromatic heterocycles. The molecule has 5 heteroatoms. The van der Waals surface area contributed by atoms with Crippen LogP contribution in [0.2, 0.25) is 5.15 Å². The van der Waals surface area contributed by atoms with Crippen molar-refractivity contribution in [1.29, 1.82) is 5.26 Å². The molecule has 2 rings (SSSR count). The maximum Gasteiger partial charge on any atom is 0.169 e. The van der Waals surface area contributed by atoms with Crippen LogP contribution in [0.3, 0.4) is 0 Å². The molecule has 27 heavy (non-hydrogen) atoms. The highest BCUT2D eigenvalue weighted by atomic mass is 35.5. The Morgan fingerprint density at radius 2 is 2.07 bits per heavy atom. The van der Waals surface area contributed by atoms with Crippen LogP contribution in [0.25, 0.3) is 5.57 Å². The number of aryl methyl sites for hydroxylation is 1. The molecule has 0 aliphatic rings. The van der Waals surface area contributed by atoms with Crippen LogP contribution in [-0.2, 0) is 13.0 Å². The SMILES string of the molecule is C=C/C=C(\C(=C)C#N)c1ccc(Cn2c(CCCC)nc(Cl)c2C=O)cc1. The van der Waals surface area contributed by atoms with Gasteiger partial charge >= 0.3 is 0 Å². The fraction of sp³-hybridized carbons (Fsp3) is 0.227. The third-order valence-electron chi connectivity index (χ3n) is 4.26. The van der Waals surface area contributed by atoms with Gasteiger partial charge in [-0.1, -0.05) is 74.5 Å². The minimum Gasteiger partial charge on any atom is -0.320 e. The normalized spacial score (nSPS) is 11.1. The van der Waals surface area contributed by atoms with Crippen LogP contribution < -0.4 is 0 Å². The van der Waals surface area contributed by atoms with Crippen LogP contribution in [-0.4, -0.2) is 15.8 Å². The number of nitrogens with zero attached hydrogens (tertiary/aromatic N) is 3. The average Bonchev–Trinajstić information content (AvgIpc) is 2.98. The number of hydrogen-bond acceptors (Lipinski definition) is 3. The van der Waals surface area contributed by atoms with Gasteiger partial charge in [-0.25, -0.2) is 4.98 Å². The van der Waals surface area contributed by atoms with Gasteiger partial charge in [0.1, 0.15) is 11.5 Å². The van der Waals surface area contributed by atoms with Gasteiger partial charge in [-0.05, 0) is 23.1 Å². The molecule has 0 N–H and O–H groups in total. The van der Waals surface area contributed by atoms with E-state index in [0.717, 1.165) is 48.1 Å². The fourth-order valence-corrected chi connectivity index (χ4v) is 3.06. The number of unbranched alkanes of at least 4 members (excludes halogenated alkanes) is 1. The van der Waals surface area contributed by atoms with E-state index in [4.69, 9.17) is 16.9 Å². The van der Waals surface area contributed by atoms with Gasteiger partial charge in [-0.2, -0.15) is 5.26 Å². The smallest absolute Gasteiger partial charge is 0.169 e. The monoisotopic (exact) mass is 379 g/mol. The number of halogens is 1. The Balaban J connectivity index is 2.33. The van der Waals surface area contributed by atoms with Crippen LogP contribution >= 0.6 is 11.6 Å². The zero-order valence-electron chi connectivity index (χ0n) is 15.4. The Bertz CT molecular complexity index is 914. The quantitative estimate of drug-likeness (QED) is 0.333. The summed E-state index contributed by atoms with van der Waals surface area (Å²) >= 11 is 6.13. The Labute approximate surface area is 165 Å². The van der Waals surface area contributed by atoms with Crippen LogP contribution in [0, 0.1) is 11.3 Å². The van der Waals surface area contributed by atoms with E-state index in [1.54, 1.807) is 12.2 Å². The van der Waals surface area contributed by atoms with E-state index in [9.17, 15) is 4.79 Å². The van der Waals surface area contributed by atoms with Crippen molar-refractivity contribution in [3.63, 3.8) is 0 Å². The van der Waals surface area contributed by atoms with E-state index in [1.165, 1.54) is 0 Å². The third-order valence-corrected chi connectivity index (χ3v) is 4.53. The van der Waals surface area contributed by atoms with Crippen molar-refractivity contribution < 1.29 is 4.79 Å². The van der Waals surface area contributed by atoms with Gasteiger partial charge in [0, 0.05) is 13.0 Å². The van der Waals surface area contributed by atoms with Gasteiger partial charge in [0.05, 0.1) is 11.6 Å². The highest BCUT2D eigenvalue weighted by Crippen LogP contribution is 2.24. The van der Waals surface area contributed by atoms with Gasteiger partial charge in [0.25, 0.3) is 0 Å². The first-order chi connectivity index (χ1) is 13.0. The Kier molecular flexibility index (Phi) is 7.34. The molecule has 0 amide bonds. The van der Waals surface area contributed by atoms with Crippen LogP contribution in [0.5, 0.6) is 0 Å². The number of carbonyl (C=O) groups excluding carboxylic acids is 1. The minimum absolute atomic E-state index is 0.245. The zero-order valence-corrected chi connectivity index (χ0v) is 16.2. The largest absolute Gasteiger partial charge is 0.320 e. The standard InChI is InChI=1S/C22H22ClN3O/c1-4-6-8-21-25-22(23)20(15-27)26(21)14-17-9-11-18(12-10-17)19(7-5-2)16(3)13-24/h5,7,9-12,15H,2-4,6,8,14H2,1H3/b19-7+. The summed E-state index contributed by atoms with van der Waals surface area (Å²) in [6, 6.07) is 9.85. The van der Waals surface area contributed by atoms with E-state index in [-0.39, 0.29) is 5.15 Å². The number of rotatable bonds is 9. The lowest BCUT2D eigenvalue weighted by Crippen LogP contribution is -2.09. The summed E-state index contributed by atoms with van der Waals surface area (Å²) < 4.78 is 1.87. The summed E-state index contributed by atoms with van der Waals surface area (Å²) in [6.07, 6.45) is 6.95. The fourth-order valence-electron chi connectivity index (χ4n) is 2.82. The van der Waals surface area contributed by atoms with E-state index in [2.05, 4.69) is 31.1 Å². The molecular formula is C22H22ClN3O. The molecule has 1 heterocycles. The number of hydrogen-bond donors (Lipinski definition) is 0. The molecule has 2 aromatic rings. The van der Waals surface area contributed by atoms with Crippen molar-refractivity contribution in [3.05, 3.63) is 82.9 Å². The number of carbonyl (C=O) groups is 1. The van der Waals surface area contributed by atoms with Crippen LogP contribution in [0.15, 0.2) is 55.1 Å². The molecule has 0 atom stereocenters. The summed E-state index contributed by atoms with van der Waals surface area (Å²) in [4.78, 5) is 15.8. The number of imidazole rings is 1. The van der Waals surface area contributed by atoms with Crippen molar-refractivity contribution in [3.8, 4) is 6.07 Å². The molecule has 0 aliphatic heterocycles. The maximum atomic E-state index is 11.4. The van der Waals surface area contributed by atoms with Crippen molar-refractivity contribution >= 4 is 23.5 Å². The first kappa shape index (κ1) is 20.4. The molecule has 0 unspecified atom stereocenters. The molecule has 0 aliphatic carbocycles. The summed E-state index contributed by atoms with van der Waals surface area (Å²) in [7, 11) is 0.